The number of carbonyl (C=O) groups is 2. The number of aromatic nitrogens is 2. The summed E-state index contributed by atoms with van der Waals surface area (Å²) < 4.78 is 5.48. The van der Waals surface area contributed by atoms with E-state index in [1.807, 2.05) is 31.2 Å². The van der Waals surface area contributed by atoms with Crippen LogP contribution in [0.15, 0.2) is 34.9 Å². The number of methoxy groups -OCH3 is 1. The molecule has 2 amide bonds. The Hall–Kier alpha value is -2.35. The lowest BCUT2D eigenvalue weighted by Crippen LogP contribution is -2.40. The highest BCUT2D eigenvalue weighted by Crippen LogP contribution is 2.20. The van der Waals surface area contributed by atoms with Crippen molar-refractivity contribution in [3.8, 4) is 11.3 Å². The van der Waals surface area contributed by atoms with Gasteiger partial charge in [-0.3, -0.25) is 4.79 Å². The molecular weight excluding hydrogens is 388 g/mol. The number of imidazole rings is 1. The molecule has 0 aliphatic rings. The molecule has 0 spiro atoms. The number of nitrogens with one attached hydrogen (secondary N) is 2. The van der Waals surface area contributed by atoms with Crippen molar-refractivity contribution in [3.63, 3.8) is 0 Å². The van der Waals surface area contributed by atoms with Crippen molar-refractivity contribution in [1.29, 1.82) is 0 Å². The molecule has 1 aromatic heterocycles. The first-order valence-electron chi connectivity index (χ1n) is 7.93. The summed E-state index contributed by atoms with van der Waals surface area (Å²) in [5, 5.41) is 2.41. The normalized spacial score (nSPS) is 10.4. The van der Waals surface area contributed by atoms with E-state index in [0.717, 1.165) is 22.2 Å². The van der Waals surface area contributed by atoms with Crippen LogP contribution in [-0.4, -0.2) is 47.1 Å². The number of hydrogen-bond donors (Lipinski definition) is 2. The fourth-order valence-electron chi connectivity index (χ4n) is 2.29. The first kappa shape index (κ1) is 19.0. The third kappa shape index (κ3) is 5.60. The number of halogens is 1. The summed E-state index contributed by atoms with van der Waals surface area (Å²) in [5.41, 5.74) is 1.90. The highest BCUT2D eigenvalue weighted by Gasteiger charge is 2.16. The average molecular weight is 409 g/mol. The highest BCUT2D eigenvalue weighted by molar-refractivity contribution is 9.10. The molecule has 1 heterocycles. The largest absolute Gasteiger partial charge is 0.453 e. The molecule has 2 rings (SSSR count). The van der Waals surface area contributed by atoms with E-state index in [2.05, 4.69) is 36.0 Å². The van der Waals surface area contributed by atoms with Crippen LogP contribution in [-0.2, 0) is 16.1 Å². The van der Waals surface area contributed by atoms with Crippen LogP contribution in [0.25, 0.3) is 11.3 Å². The Balaban J connectivity index is 2.03. The van der Waals surface area contributed by atoms with E-state index in [4.69, 9.17) is 0 Å². The standard InChI is InChI=1S/C17H21BrN4O3/c1-3-8-22(16(23)10-20-17(24)25-2)11-15-19-9-14(21-15)12-4-6-13(18)7-5-12/h4-7,9H,3,8,10-11H2,1-2H3,(H,19,21)(H,20,24). The van der Waals surface area contributed by atoms with Gasteiger partial charge in [0.15, 0.2) is 0 Å². The van der Waals surface area contributed by atoms with E-state index >= 15 is 0 Å². The van der Waals surface area contributed by atoms with E-state index in [1.165, 1.54) is 7.11 Å². The van der Waals surface area contributed by atoms with Gasteiger partial charge in [0.1, 0.15) is 12.4 Å². The smallest absolute Gasteiger partial charge is 0.407 e. The van der Waals surface area contributed by atoms with Crippen molar-refractivity contribution >= 4 is 27.9 Å². The fraction of sp³-hybridized carbons (Fsp3) is 0.353. The summed E-state index contributed by atoms with van der Waals surface area (Å²) in [6.45, 7) is 2.82. The minimum Gasteiger partial charge on any atom is -0.453 e. The first-order chi connectivity index (χ1) is 12.0. The molecule has 7 nitrogen and oxygen atoms in total. The number of rotatable bonds is 7. The second-order valence-electron chi connectivity index (χ2n) is 5.41. The van der Waals surface area contributed by atoms with Crippen LogP contribution in [0.5, 0.6) is 0 Å². The van der Waals surface area contributed by atoms with Crippen LogP contribution < -0.4 is 5.32 Å². The number of ether oxygens (including phenoxy) is 1. The van der Waals surface area contributed by atoms with Gasteiger partial charge in [-0.15, -0.1) is 0 Å². The first-order valence-corrected chi connectivity index (χ1v) is 8.72. The lowest BCUT2D eigenvalue weighted by atomic mass is 10.2. The molecule has 25 heavy (non-hydrogen) atoms. The molecule has 0 atom stereocenters. The maximum Gasteiger partial charge on any atom is 0.407 e. The molecule has 0 unspecified atom stereocenters. The Bertz CT molecular complexity index is 715. The van der Waals surface area contributed by atoms with Crippen molar-refractivity contribution in [2.75, 3.05) is 20.2 Å². The number of carbonyl (C=O) groups excluding carboxylic acids is 2. The summed E-state index contributed by atoms with van der Waals surface area (Å²) >= 11 is 3.41. The summed E-state index contributed by atoms with van der Waals surface area (Å²) in [6, 6.07) is 7.88. The van der Waals surface area contributed by atoms with Crippen LogP contribution in [0, 0.1) is 0 Å². The van der Waals surface area contributed by atoms with Crippen molar-refractivity contribution in [3.05, 3.63) is 40.8 Å². The van der Waals surface area contributed by atoms with E-state index in [9.17, 15) is 9.59 Å². The van der Waals surface area contributed by atoms with Gasteiger partial charge in [0, 0.05) is 11.0 Å². The molecule has 0 saturated carbocycles. The van der Waals surface area contributed by atoms with Gasteiger partial charge in [0.05, 0.1) is 25.5 Å². The second kappa shape index (κ2) is 9.22. The molecule has 134 valence electrons. The van der Waals surface area contributed by atoms with Gasteiger partial charge in [0.2, 0.25) is 5.91 Å². The molecule has 0 saturated heterocycles. The lowest BCUT2D eigenvalue weighted by molar-refractivity contribution is -0.130. The molecule has 0 bridgehead atoms. The molecule has 8 heteroatoms. The van der Waals surface area contributed by atoms with E-state index in [-0.39, 0.29) is 12.5 Å². The van der Waals surface area contributed by atoms with Gasteiger partial charge in [-0.1, -0.05) is 35.0 Å². The quantitative estimate of drug-likeness (QED) is 0.736. The Morgan fingerprint density at radius 3 is 2.68 bits per heavy atom. The van der Waals surface area contributed by atoms with Crippen molar-refractivity contribution < 1.29 is 14.3 Å². The summed E-state index contributed by atoms with van der Waals surface area (Å²) in [7, 11) is 1.26. The maximum atomic E-state index is 12.3. The zero-order valence-electron chi connectivity index (χ0n) is 14.2. The molecule has 0 aliphatic heterocycles. The predicted octanol–water partition coefficient (Wildman–Crippen LogP) is 2.93. The molecule has 0 fully saturated rings. The molecule has 2 aromatic rings. The molecule has 1 aromatic carbocycles. The Labute approximate surface area is 154 Å². The number of H-pyrrole nitrogens is 1. The summed E-state index contributed by atoms with van der Waals surface area (Å²) in [5.74, 6) is 0.506. The van der Waals surface area contributed by atoms with Gasteiger partial charge >= 0.3 is 6.09 Å². The Morgan fingerprint density at radius 1 is 1.32 bits per heavy atom. The van der Waals surface area contributed by atoms with Crippen molar-refractivity contribution in [1.82, 2.24) is 20.2 Å². The lowest BCUT2D eigenvalue weighted by Gasteiger charge is -2.21. The number of hydrogen-bond acceptors (Lipinski definition) is 4. The number of nitrogens with zero attached hydrogens (tertiary/aromatic N) is 2. The minimum absolute atomic E-state index is 0.104. The van der Waals surface area contributed by atoms with Gasteiger partial charge in [-0.25, -0.2) is 9.78 Å². The van der Waals surface area contributed by atoms with Crippen molar-refractivity contribution in [2.45, 2.75) is 19.9 Å². The maximum absolute atomic E-state index is 12.3. The van der Waals surface area contributed by atoms with Crippen LogP contribution in [0.4, 0.5) is 4.79 Å². The van der Waals surface area contributed by atoms with Crippen LogP contribution in [0.2, 0.25) is 0 Å². The minimum atomic E-state index is -0.625. The molecule has 2 N–H and O–H groups in total. The number of amides is 2. The third-order valence-corrected chi connectivity index (χ3v) is 4.07. The van der Waals surface area contributed by atoms with Gasteiger partial charge in [0.25, 0.3) is 0 Å². The topological polar surface area (TPSA) is 87.3 Å². The van der Waals surface area contributed by atoms with Crippen molar-refractivity contribution in [2.24, 2.45) is 0 Å². The fourth-order valence-corrected chi connectivity index (χ4v) is 2.56. The van der Waals surface area contributed by atoms with Crippen LogP contribution in [0.3, 0.4) is 0 Å². The zero-order chi connectivity index (χ0) is 18.2. The second-order valence-corrected chi connectivity index (χ2v) is 6.33. The van der Waals surface area contributed by atoms with E-state index < -0.39 is 6.09 Å². The van der Waals surface area contributed by atoms with E-state index in [1.54, 1.807) is 11.1 Å². The van der Waals surface area contributed by atoms with Gasteiger partial charge in [-0.05, 0) is 24.1 Å². The Morgan fingerprint density at radius 2 is 2.04 bits per heavy atom. The predicted molar refractivity (Wildman–Crippen MR) is 97.8 cm³/mol. The number of alkyl carbamates (subject to hydrolysis) is 1. The number of aromatic amines is 1. The summed E-state index contributed by atoms with van der Waals surface area (Å²) in [4.78, 5) is 32.6. The number of benzene rings is 1. The third-order valence-electron chi connectivity index (χ3n) is 3.54. The zero-order valence-corrected chi connectivity index (χ0v) is 15.8. The van der Waals surface area contributed by atoms with Crippen LogP contribution in [0.1, 0.15) is 19.2 Å². The highest BCUT2D eigenvalue weighted by atomic mass is 79.9. The van der Waals surface area contributed by atoms with Gasteiger partial charge in [-0.2, -0.15) is 0 Å². The molecular formula is C17H21BrN4O3. The van der Waals surface area contributed by atoms with E-state index in [0.29, 0.717) is 18.9 Å². The monoisotopic (exact) mass is 408 g/mol. The van der Waals surface area contributed by atoms with Crippen LogP contribution >= 0.6 is 15.9 Å². The Kier molecular flexibility index (Phi) is 7.00. The molecule has 0 radical (unpaired) electrons. The van der Waals surface area contributed by atoms with Gasteiger partial charge < -0.3 is 19.9 Å². The summed E-state index contributed by atoms with van der Waals surface area (Å²) in [6.07, 6.45) is 1.93. The molecule has 0 aliphatic carbocycles. The average Bonchev–Trinajstić information content (AvgIpc) is 3.08. The SMILES string of the molecule is CCCN(Cc1ncc(-c2ccc(Br)cc2)[nH]1)C(=O)CNC(=O)OC.